The molecule has 2 rings (SSSR count). The van der Waals surface area contributed by atoms with Gasteiger partial charge in [-0.25, -0.2) is 9.78 Å². The van der Waals surface area contributed by atoms with Gasteiger partial charge in [0.25, 0.3) is 0 Å². The number of pyridine rings is 1. The summed E-state index contributed by atoms with van der Waals surface area (Å²) in [6.07, 6.45) is 1.49. The summed E-state index contributed by atoms with van der Waals surface area (Å²) >= 11 is 0. The van der Waals surface area contributed by atoms with Crippen molar-refractivity contribution in [3.63, 3.8) is 0 Å². The number of nitrogens with zero attached hydrogens (tertiary/aromatic N) is 1. The predicted octanol–water partition coefficient (Wildman–Crippen LogP) is 2.59. The van der Waals surface area contributed by atoms with Crippen LogP contribution >= 0.6 is 0 Å². The number of carbonyl (C=O) groups is 1. The second kappa shape index (κ2) is 5.92. The van der Waals surface area contributed by atoms with Crippen LogP contribution < -0.4 is 14.2 Å². The molecule has 1 aromatic heterocycles. The van der Waals surface area contributed by atoms with Crippen LogP contribution in [0.2, 0.25) is 0 Å². The Balaban J connectivity index is 2.29. The zero-order chi connectivity index (χ0) is 14.5. The number of hydrogen-bond donors (Lipinski definition) is 1. The van der Waals surface area contributed by atoms with Gasteiger partial charge >= 0.3 is 5.97 Å². The number of benzene rings is 1. The number of aromatic nitrogens is 1. The van der Waals surface area contributed by atoms with Crippen LogP contribution in [0.4, 0.5) is 0 Å². The number of ether oxygens (including phenoxy) is 3. The highest BCUT2D eigenvalue weighted by Crippen LogP contribution is 2.28. The van der Waals surface area contributed by atoms with Gasteiger partial charge < -0.3 is 19.3 Å². The summed E-state index contributed by atoms with van der Waals surface area (Å²) in [6, 6.07) is 7.79. The Morgan fingerprint density at radius 2 is 1.80 bits per heavy atom. The van der Waals surface area contributed by atoms with E-state index in [0.29, 0.717) is 11.5 Å². The molecule has 0 saturated heterocycles. The third-order valence-electron chi connectivity index (χ3n) is 2.58. The second-order valence-corrected chi connectivity index (χ2v) is 3.81. The number of methoxy groups -OCH3 is 2. The largest absolute Gasteiger partial charge is 0.497 e. The molecule has 1 N–H and O–H groups in total. The van der Waals surface area contributed by atoms with E-state index in [1.165, 1.54) is 32.5 Å². The third kappa shape index (κ3) is 2.97. The molecular weight excluding hydrogens is 262 g/mol. The van der Waals surface area contributed by atoms with Crippen LogP contribution in [0.5, 0.6) is 23.1 Å². The molecule has 0 aliphatic heterocycles. The molecule has 0 spiro atoms. The van der Waals surface area contributed by atoms with Crippen LogP contribution in [0.15, 0.2) is 36.5 Å². The number of carboxylic acids is 1. The van der Waals surface area contributed by atoms with Gasteiger partial charge in [-0.1, -0.05) is 0 Å². The molecule has 0 fully saturated rings. The lowest BCUT2D eigenvalue weighted by atomic mass is 10.2. The monoisotopic (exact) mass is 275 g/mol. The minimum absolute atomic E-state index is 0.00182. The summed E-state index contributed by atoms with van der Waals surface area (Å²) in [5.74, 6) is 0.393. The van der Waals surface area contributed by atoms with Crippen molar-refractivity contribution in [1.82, 2.24) is 4.98 Å². The molecule has 0 amide bonds. The first-order valence-electron chi connectivity index (χ1n) is 5.73. The Morgan fingerprint density at radius 1 is 1.10 bits per heavy atom. The normalized spacial score (nSPS) is 9.90. The Labute approximate surface area is 115 Å². The molecule has 20 heavy (non-hydrogen) atoms. The van der Waals surface area contributed by atoms with Crippen LogP contribution in [-0.2, 0) is 0 Å². The van der Waals surface area contributed by atoms with Crippen molar-refractivity contribution in [3.8, 4) is 23.1 Å². The lowest BCUT2D eigenvalue weighted by molar-refractivity contribution is 0.0693. The molecule has 2 aromatic rings. The molecule has 1 aromatic carbocycles. The highest BCUT2D eigenvalue weighted by atomic mass is 16.5. The van der Waals surface area contributed by atoms with Gasteiger partial charge in [-0.3, -0.25) is 0 Å². The van der Waals surface area contributed by atoms with E-state index >= 15 is 0 Å². The summed E-state index contributed by atoms with van der Waals surface area (Å²) in [6.45, 7) is 0. The Morgan fingerprint density at radius 3 is 2.35 bits per heavy atom. The van der Waals surface area contributed by atoms with Gasteiger partial charge in [0.2, 0.25) is 5.88 Å². The van der Waals surface area contributed by atoms with Gasteiger partial charge in [0.1, 0.15) is 22.8 Å². The van der Waals surface area contributed by atoms with E-state index in [9.17, 15) is 4.79 Å². The molecule has 0 aliphatic rings. The van der Waals surface area contributed by atoms with Crippen molar-refractivity contribution in [2.45, 2.75) is 0 Å². The highest BCUT2D eigenvalue weighted by Gasteiger charge is 2.14. The molecule has 0 aliphatic carbocycles. The number of rotatable bonds is 5. The van der Waals surface area contributed by atoms with Crippen molar-refractivity contribution in [2.24, 2.45) is 0 Å². The van der Waals surface area contributed by atoms with E-state index in [2.05, 4.69) is 4.98 Å². The average molecular weight is 275 g/mol. The first-order chi connectivity index (χ1) is 9.63. The predicted molar refractivity (Wildman–Crippen MR) is 70.8 cm³/mol. The van der Waals surface area contributed by atoms with E-state index in [1.54, 1.807) is 18.2 Å². The van der Waals surface area contributed by atoms with Gasteiger partial charge in [-0.15, -0.1) is 0 Å². The first-order valence-corrected chi connectivity index (χ1v) is 5.73. The fourth-order valence-electron chi connectivity index (χ4n) is 1.55. The minimum Gasteiger partial charge on any atom is -0.497 e. The number of hydrogen-bond acceptors (Lipinski definition) is 5. The number of aromatic carboxylic acids is 1. The maximum Gasteiger partial charge on any atom is 0.339 e. The Kier molecular flexibility index (Phi) is 4.05. The molecule has 0 bridgehead atoms. The summed E-state index contributed by atoms with van der Waals surface area (Å²) < 4.78 is 15.4. The fourth-order valence-corrected chi connectivity index (χ4v) is 1.55. The summed E-state index contributed by atoms with van der Waals surface area (Å²) in [4.78, 5) is 15.2. The Bertz CT molecular complexity index is 609. The zero-order valence-corrected chi connectivity index (χ0v) is 11.0. The molecule has 6 heteroatoms. The van der Waals surface area contributed by atoms with Gasteiger partial charge in [0, 0.05) is 6.07 Å². The quantitative estimate of drug-likeness (QED) is 0.903. The van der Waals surface area contributed by atoms with E-state index in [0.717, 1.165) is 0 Å². The second-order valence-electron chi connectivity index (χ2n) is 3.81. The molecule has 6 nitrogen and oxygen atoms in total. The van der Waals surface area contributed by atoms with Crippen molar-refractivity contribution < 1.29 is 24.1 Å². The van der Waals surface area contributed by atoms with E-state index < -0.39 is 5.97 Å². The SMILES string of the molecule is COc1ccc(Oc2ccc(OC)cc2C(=O)O)nc1. The maximum absolute atomic E-state index is 11.2. The van der Waals surface area contributed by atoms with Crippen LogP contribution in [0.25, 0.3) is 0 Å². The van der Waals surface area contributed by atoms with Gasteiger partial charge in [0.15, 0.2) is 0 Å². The standard InChI is InChI=1S/C14H13NO5/c1-18-9-3-5-12(11(7-9)14(16)17)20-13-6-4-10(19-2)8-15-13/h3-8H,1-2H3,(H,16,17). The van der Waals surface area contributed by atoms with Crippen molar-refractivity contribution in [3.05, 3.63) is 42.1 Å². The van der Waals surface area contributed by atoms with E-state index in [4.69, 9.17) is 19.3 Å². The lowest BCUT2D eigenvalue weighted by Gasteiger charge is -2.09. The number of carboxylic acid groups (broad SMARTS) is 1. The maximum atomic E-state index is 11.2. The molecule has 104 valence electrons. The summed E-state index contributed by atoms with van der Waals surface area (Å²) in [5.41, 5.74) is 0.00182. The molecule has 0 saturated carbocycles. The van der Waals surface area contributed by atoms with Crippen LogP contribution in [0, 0.1) is 0 Å². The first kappa shape index (κ1) is 13.7. The molecule has 0 radical (unpaired) electrons. The molecule has 1 heterocycles. The molecular formula is C14H13NO5. The lowest BCUT2D eigenvalue weighted by Crippen LogP contribution is -2.01. The topological polar surface area (TPSA) is 77.9 Å². The van der Waals surface area contributed by atoms with Gasteiger partial charge in [-0.05, 0) is 24.3 Å². The highest BCUT2D eigenvalue weighted by molar-refractivity contribution is 5.91. The average Bonchev–Trinajstić information content (AvgIpc) is 2.48. The van der Waals surface area contributed by atoms with Crippen LogP contribution in [0.3, 0.4) is 0 Å². The fraction of sp³-hybridized carbons (Fsp3) is 0.143. The van der Waals surface area contributed by atoms with Crippen molar-refractivity contribution in [1.29, 1.82) is 0 Å². The van der Waals surface area contributed by atoms with Gasteiger partial charge in [0.05, 0.1) is 20.4 Å². The van der Waals surface area contributed by atoms with Gasteiger partial charge in [-0.2, -0.15) is 0 Å². The molecule has 0 unspecified atom stereocenters. The smallest absolute Gasteiger partial charge is 0.339 e. The van der Waals surface area contributed by atoms with E-state index in [-0.39, 0.29) is 17.2 Å². The van der Waals surface area contributed by atoms with E-state index in [1.807, 2.05) is 0 Å². The zero-order valence-electron chi connectivity index (χ0n) is 11.0. The van der Waals surface area contributed by atoms with Crippen molar-refractivity contribution >= 4 is 5.97 Å². The van der Waals surface area contributed by atoms with Crippen molar-refractivity contribution in [2.75, 3.05) is 14.2 Å². The summed E-state index contributed by atoms with van der Waals surface area (Å²) in [5, 5.41) is 9.17. The minimum atomic E-state index is -1.10. The summed E-state index contributed by atoms with van der Waals surface area (Å²) in [7, 11) is 3.00. The molecule has 0 atom stereocenters. The van der Waals surface area contributed by atoms with Crippen LogP contribution in [-0.4, -0.2) is 30.3 Å². The Hall–Kier alpha value is -2.76. The van der Waals surface area contributed by atoms with Crippen LogP contribution in [0.1, 0.15) is 10.4 Å². The third-order valence-corrected chi connectivity index (χ3v) is 2.58.